The minimum atomic E-state index is -0.409. The number of hydrogen-bond donors (Lipinski definition) is 1. The maximum Gasteiger partial charge on any atom is 0.142 e. The Labute approximate surface area is 104 Å². The molecule has 1 aromatic carbocycles. The second kappa shape index (κ2) is 4.85. The number of nitrogens with zero attached hydrogens (tertiary/aromatic N) is 2. The molecule has 0 bridgehead atoms. The molecule has 0 aliphatic heterocycles. The minimum absolute atomic E-state index is 0.133. The van der Waals surface area contributed by atoms with E-state index < -0.39 is 5.82 Å². The molecular formula is C12H13ClFN3. The van der Waals surface area contributed by atoms with E-state index in [1.807, 2.05) is 6.92 Å². The molecule has 0 radical (unpaired) electrons. The van der Waals surface area contributed by atoms with Crippen molar-refractivity contribution in [1.29, 1.82) is 0 Å². The van der Waals surface area contributed by atoms with Crippen molar-refractivity contribution >= 4 is 11.6 Å². The molecular weight excluding hydrogens is 241 g/mol. The summed E-state index contributed by atoms with van der Waals surface area (Å²) < 4.78 is 15.1. The zero-order chi connectivity index (χ0) is 12.4. The van der Waals surface area contributed by atoms with Crippen LogP contribution in [0.15, 0.2) is 24.4 Å². The molecule has 2 rings (SSSR count). The van der Waals surface area contributed by atoms with Gasteiger partial charge in [0.15, 0.2) is 0 Å². The summed E-state index contributed by atoms with van der Waals surface area (Å²) in [6.07, 6.45) is 1.74. The van der Waals surface area contributed by atoms with Crippen LogP contribution in [0.2, 0.25) is 5.02 Å². The summed E-state index contributed by atoms with van der Waals surface area (Å²) in [5.41, 5.74) is 8.39. The van der Waals surface area contributed by atoms with Crippen LogP contribution in [0.1, 0.15) is 16.8 Å². The molecule has 2 aromatic rings. The summed E-state index contributed by atoms with van der Waals surface area (Å²) in [6, 6.07) is 4.76. The monoisotopic (exact) mass is 253 g/mol. The van der Waals surface area contributed by atoms with Crippen molar-refractivity contribution in [2.45, 2.75) is 20.0 Å². The highest BCUT2D eigenvalue weighted by atomic mass is 35.5. The number of benzene rings is 1. The maximum absolute atomic E-state index is 13.3. The molecule has 1 heterocycles. The van der Waals surface area contributed by atoms with Gasteiger partial charge in [0.05, 0.1) is 17.8 Å². The van der Waals surface area contributed by atoms with E-state index in [1.165, 1.54) is 6.07 Å². The molecule has 0 unspecified atom stereocenters. The van der Waals surface area contributed by atoms with Crippen LogP contribution in [0.5, 0.6) is 0 Å². The number of halogens is 2. The molecule has 3 nitrogen and oxygen atoms in total. The van der Waals surface area contributed by atoms with Gasteiger partial charge in [0, 0.05) is 17.8 Å². The molecule has 0 aliphatic rings. The molecule has 0 amide bonds. The number of hydrogen-bond acceptors (Lipinski definition) is 2. The molecule has 2 N–H and O–H groups in total. The summed E-state index contributed by atoms with van der Waals surface area (Å²) >= 11 is 5.63. The third-order valence-electron chi connectivity index (χ3n) is 2.74. The van der Waals surface area contributed by atoms with Gasteiger partial charge in [-0.05, 0) is 24.6 Å². The van der Waals surface area contributed by atoms with Crippen molar-refractivity contribution in [3.63, 3.8) is 0 Å². The molecule has 1 aromatic heterocycles. The number of nitrogens with two attached hydrogens (primary N) is 1. The van der Waals surface area contributed by atoms with E-state index in [0.717, 1.165) is 16.8 Å². The Morgan fingerprint density at radius 1 is 1.47 bits per heavy atom. The number of aromatic nitrogens is 2. The van der Waals surface area contributed by atoms with Gasteiger partial charge in [0.2, 0.25) is 0 Å². The summed E-state index contributed by atoms with van der Waals surface area (Å²) in [4.78, 5) is 0. The fourth-order valence-corrected chi connectivity index (χ4v) is 1.77. The Morgan fingerprint density at radius 2 is 2.24 bits per heavy atom. The van der Waals surface area contributed by atoms with Gasteiger partial charge in [-0.15, -0.1) is 0 Å². The van der Waals surface area contributed by atoms with Gasteiger partial charge in [0.25, 0.3) is 0 Å². The van der Waals surface area contributed by atoms with Crippen molar-refractivity contribution < 1.29 is 4.39 Å². The highest BCUT2D eigenvalue weighted by molar-refractivity contribution is 6.30. The van der Waals surface area contributed by atoms with E-state index in [9.17, 15) is 4.39 Å². The average Bonchev–Trinajstić information content (AvgIpc) is 2.65. The molecule has 90 valence electrons. The summed E-state index contributed by atoms with van der Waals surface area (Å²) in [5.74, 6) is -0.409. The predicted octanol–water partition coefficient (Wildman–Crippen LogP) is 2.49. The van der Waals surface area contributed by atoms with Crippen LogP contribution in [0, 0.1) is 12.7 Å². The first-order valence-electron chi connectivity index (χ1n) is 5.27. The van der Waals surface area contributed by atoms with Gasteiger partial charge in [-0.1, -0.05) is 17.7 Å². The van der Waals surface area contributed by atoms with Crippen molar-refractivity contribution in [2.24, 2.45) is 5.73 Å². The smallest absolute Gasteiger partial charge is 0.142 e. The lowest BCUT2D eigenvalue weighted by Gasteiger charge is -2.06. The quantitative estimate of drug-likeness (QED) is 0.913. The highest BCUT2D eigenvalue weighted by Crippen LogP contribution is 2.17. The third kappa shape index (κ3) is 2.48. The molecule has 5 heteroatoms. The van der Waals surface area contributed by atoms with E-state index >= 15 is 0 Å². The minimum Gasteiger partial charge on any atom is -0.326 e. The molecule has 0 saturated carbocycles. The van der Waals surface area contributed by atoms with E-state index in [2.05, 4.69) is 5.10 Å². The Bertz CT molecular complexity index is 537. The Morgan fingerprint density at radius 3 is 2.82 bits per heavy atom. The zero-order valence-corrected chi connectivity index (χ0v) is 10.2. The van der Waals surface area contributed by atoms with E-state index in [1.54, 1.807) is 23.0 Å². The van der Waals surface area contributed by atoms with Crippen LogP contribution in [0.4, 0.5) is 4.39 Å². The Hall–Kier alpha value is -1.39. The topological polar surface area (TPSA) is 43.8 Å². The van der Waals surface area contributed by atoms with E-state index in [4.69, 9.17) is 17.3 Å². The first-order valence-corrected chi connectivity index (χ1v) is 5.65. The highest BCUT2D eigenvalue weighted by Gasteiger charge is 2.07. The van der Waals surface area contributed by atoms with Crippen molar-refractivity contribution in [2.75, 3.05) is 0 Å². The lowest BCUT2D eigenvalue weighted by atomic mass is 10.2. The molecule has 0 atom stereocenters. The van der Waals surface area contributed by atoms with E-state index in [-0.39, 0.29) is 5.02 Å². The van der Waals surface area contributed by atoms with Gasteiger partial charge in [-0.25, -0.2) is 4.39 Å². The zero-order valence-electron chi connectivity index (χ0n) is 9.45. The molecule has 0 fully saturated rings. The van der Waals surface area contributed by atoms with Crippen molar-refractivity contribution in [3.8, 4) is 0 Å². The molecule has 0 aliphatic carbocycles. The summed E-state index contributed by atoms with van der Waals surface area (Å²) in [5, 5.41) is 4.35. The van der Waals surface area contributed by atoms with Crippen molar-refractivity contribution in [1.82, 2.24) is 9.78 Å². The van der Waals surface area contributed by atoms with Crippen molar-refractivity contribution in [3.05, 3.63) is 52.1 Å². The van der Waals surface area contributed by atoms with Crippen LogP contribution < -0.4 is 5.73 Å². The second-order valence-corrected chi connectivity index (χ2v) is 4.27. The standard InChI is InChI=1S/C12H13ClFN3/c1-8-10(5-15)6-16-17(8)7-9-2-3-11(13)12(14)4-9/h2-4,6H,5,7,15H2,1H3. The Kier molecular flexibility index (Phi) is 3.45. The maximum atomic E-state index is 13.3. The normalized spacial score (nSPS) is 10.8. The molecule has 0 spiro atoms. The fraction of sp³-hybridized carbons (Fsp3) is 0.250. The van der Waals surface area contributed by atoms with Gasteiger partial charge in [0.1, 0.15) is 5.82 Å². The summed E-state index contributed by atoms with van der Waals surface area (Å²) in [6.45, 7) is 2.92. The van der Waals surface area contributed by atoms with Crippen LogP contribution in [-0.4, -0.2) is 9.78 Å². The van der Waals surface area contributed by atoms with Gasteiger partial charge < -0.3 is 5.73 Å². The van der Waals surface area contributed by atoms with Gasteiger partial charge in [-0.2, -0.15) is 5.10 Å². The number of rotatable bonds is 3. The van der Waals surface area contributed by atoms with Crippen LogP contribution in [0.25, 0.3) is 0 Å². The first kappa shape index (κ1) is 12.1. The summed E-state index contributed by atoms with van der Waals surface area (Å²) in [7, 11) is 0. The van der Waals surface area contributed by atoms with Crippen LogP contribution >= 0.6 is 11.6 Å². The lowest BCUT2D eigenvalue weighted by molar-refractivity contribution is 0.617. The van der Waals surface area contributed by atoms with Crippen LogP contribution in [-0.2, 0) is 13.1 Å². The van der Waals surface area contributed by atoms with Crippen LogP contribution in [0.3, 0.4) is 0 Å². The largest absolute Gasteiger partial charge is 0.326 e. The Balaban J connectivity index is 2.25. The SMILES string of the molecule is Cc1c(CN)cnn1Cc1ccc(Cl)c(F)c1. The lowest BCUT2D eigenvalue weighted by Crippen LogP contribution is -2.05. The molecule has 17 heavy (non-hydrogen) atoms. The average molecular weight is 254 g/mol. The van der Waals surface area contributed by atoms with E-state index in [0.29, 0.717) is 13.1 Å². The second-order valence-electron chi connectivity index (χ2n) is 3.87. The molecule has 0 saturated heterocycles. The fourth-order valence-electron chi connectivity index (χ4n) is 1.66. The third-order valence-corrected chi connectivity index (χ3v) is 3.05. The first-order chi connectivity index (χ1) is 8.11. The van der Waals surface area contributed by atoms with Gasteiger partial charge in [-0.3, -0.25) is 4.68 Å². The van der Waals surface area contributed by atoms with Gasteiger partial charge >= 0.3 is 0 Å². The predicted molar refractivity (Wildman–Crippen MR) is 65.4 cm³/mol.